The molecule has 2 aromatic carbocycles. The Hall–Kier alpha value is -1.58. The van der Waals surface area contributed by atoms with Crippen molar-refractivity contribution in [3.63, 3.8) is 0 Å². The maximum absolute atomic E-state index is 13.1. The van der Waals surface area contributed by atoms with Crippen LogP contribution in [0.1, 0.15) is 0 Å². The van der Waals surface area contributed by atoms with Crippen LogP contribution in [0.2, 0.25) is 0 Å². The minimum Gasteiger partial charge on any atom is -0.369 e. The number of H-pyrrole nitrogens is 1. The van der Waals surface area contributed by atoms with E-state index in [1.807, 2.05) is 30.3 Å². The molecule has 1 saturated heterocycles. The van der Waals surface area contributed by atoms with Crippen molar-refractivity contribution in [2.24, 2.45) is 0 Å². The average molecular weight is 467 g/mol. The fraction of sp³-hybridized carbons (Fsp3) is 0.222. The van der Waals surface area contributed by atoms with Crippen LogP contribution in [0.3, 0.4) is 0 Å². The minimum atomic E-state index is -3.55. The molecule has 2 heterocycles. The Kier molecular flexibility index (Phi) is 4.47. The Labute approximate surface area is 160 Å². The molecule has 0 saturated carbocycles. The Balaban J connectivity index is 1.71. The molecule has 0 radical (unpaired) electrons. The second kappa shape index (κ2) is 6.62. The highest BCUT2D eigenvalue weighted by atomic mass is 127. The first kappa shape index (κ1) is 16.9. The van der Waals surface area contributed by atoms with Crippen LogP contribution in [-0.4, -0.2) is 39.6 Å². The lowest BCUT2D eigenvalue weighted by Crippen LogP contribution is -2.43. The van der Waals surface area contributed by atoms with Gasteiger partial charge in [-0.15, -0.1) is 0 Å². The maximum atomic E-state index is 13.1. The van der Waals surface area contributed by atoms with Crippen molar-refractivity contribution in [2.75, 3.05) is 31.1 Å². The van der Waals surface area contributed by atoms with Crippen LogP contribution in [0.15, 0.2) is 58.5 Å². The lowest BCUT2D eigenvalue weighted by Gasteiger charge is -2.29. The fourth-order valence-corrected chi connectivity index (χ4v) is 5.09. The zero-order valence-corrected chi connectivity index (χ0v) is 16.5. The summed E-state index contributed by atoms with van der Waals surface area (Å²) in [6.45, 7) is 3.78. The highest BCUT2D eigenvalue weighted by Gasteiger charge is 2.22. The van der Waals surface area contributed by atoms with Crippen molar-refractivity contribution in [3.05, 3.63) is 52.2 Å². The molecular formula is C18H18IN3O2S. The summed E-state index contributed by atoms with van der Waals surface area (Å²) in [5, 5.41) is 4.05. The minimum absolute atomic E-state index is 0.325. The molecule has 25 heavy (non-hydrogen) atoms. The van der Waals surface area contributed by atoms with Crippen LogP contribution in [0.4, 0.5) is 5.69 Å². The van der Waals surface area contributed by atoms with Crippen LogP contribution in [-0.2, 0) is 9.84 Å². The number of piperazine rings is 1. The standard InChI is InChI=1S/C18H18IN3O2S/c19-13-1-6-17-16(11-13)18(12-21-17)25(23,24)15-4-2-14(3-5-15)22-9-7-20-8-10-22/h1-6,11-12,20-21H,7-10H2. The third kappa shape index (κ3) is 3.16. The van der Waals surface area contributed by atoms with E-state index in [1.165, 1.54) is 0 Å². The number of anilines is 1. The highest BCUT2D eigenvalue weighted by molar-refractivity contribution is 14.1. The molecule has 0 spiro atoms. The van der Waals surface area contributed by atoms with Crippen LogP contribution in [0.25, 0.3) is 10.9 Å². The molecule has 0 atom stereocenters. The molecule has 1 fully saturated rings. The number of hydrogen-bond donors (Lipinski definition) is 2. The van der Waals surface area contributed by atoms with Crippen molar-refractivity contribution in [1.29, 1.82) is 0 Å². The Bertz CT molecular complexity index is 1010. The molecule has 0 unspecified atom stereocenters. The zero-order valence-electron chi connectivity index (χ0n) is 13.5. The second-order valence-electron chi connectivity index (χ2n) is 6.08. The number of nitrogens with one attached hydrogen (secondary N) is 2. The number of rotatable bonds is 3. The van der Waals surface area contributed by atoms with Crippen LogP contribution in [0, 0.1) is 3.57 Å². The number of halogens is 1. The molecule has 0 aliphatic carbocycles. The molecule has 0 amide bonds. The molecule has 2 N–H and O–H groups in total. The number of sulfone groups is 1. The van der Waals surface area contributed by atoms with Crippen molar-refractivity contribution in [2.45, 2.75) is 9.79 Å². The van der Waals surface area contributed by atoms with Crippen LogP contribution >= 0.6 is 22.6 Å². The maximum Gasteiger partial charge on any atom is 0.208 e. The lowest BCUT2D eigenvalue weighted by molar-refractivity contribution is 0.588. The number of aromatic amines is 1. The molecule has 4 rings (SSSR count). The van der Waals surface area contributed by atoms with E-state index in [2.05, 4.69) is 37.8 Å². The monoisotopic (exact) mass is 467 g/mol. The topological polar surface area (TPSA) is 65.2 Å². The van der Waals surface area contributed by atoms with Gasteiger partial charge in [0.25, 0.3) is 0 Å². The number of benzene rings is 2. The summed E-state index contributed by atoms with van der Waals surface area (Å²) < 4.78 is 27.1. The predicted octanol–water partition coefficient (Wildman–Crippen LogP) is 3.01. The summed E-state index contributed by atoms with van der Waals surface area (Å²) in [7, 11) is -3.55. The van der Waals surface area contributed by atoms with Crippen LogP contribution in [0.5, 0.6) is 0 Å². The fourth-order valence-electron chi connectivity index (χ4n) is 3.18. The molecule has 1 aliphatic heterocycles. The molecule has 7 heteroatoms. The molecule has 130 valence electrons. The van der Waals surface area contributed by atoms with E-state index in [-0.39, 0.29) is 0 Å². The molecule has 3 aromatic rings. The second-order valence-corrected chi connectivity index (χ2v) is 9.24. The third-order valence-corrected chi connectivity index (χ3v) is 7.01. The Morgan fingerprint density at radius 1 is 1.00 bits per heavy atom. The van der Waals surface area contributed by atoms with Gasteiger partial charge in [-0.05, 0) is 65.1 Å². The largest absolute Gasteiger partial charge is 0.369 e. The van der Waals surface area contributed by atoms with Gasteiger partial charge in [0, 0.05) is 52.5 Å². The first-order valence-corrected chi connectivity index (χ1v) is 10.7. The van der Waals surface area contributed by atoms with Gasteiger partial charge in [-0.1, -0.05) is 0 Å². The van der Waals surface area contributed by atoms with E-state index in [4.69, 9.17) is 0 Å². The normalized spacial score (nSPS) is 15.6. The van der Waals surface area contributed by atoms with Gasteiger partial charge in [0.1, 0.15) is 0 Å². The van der Waals surface area contributed by atoms with Crippen molar-refractivity contribution < 1.29 is 8.42 Å². The zero-order chi connectivity index (χ0) is 17.4. The third-order valence-electron chi connectivity index (χ3n) is 4.52. The van der Waals surface area contributed by atoms with E-state index in [1.54, 1.807) is 18.3 Å². The Morgan fingerprint density at radius 2 is 1.72 bits per heavy atom. The van der Waals surface area contributed by atoms with E-state index >= 15 is 0 Å². The summed E-state index contributed by atoms with van der Waals surface area (Å²) in [6.07, 6.45) is 1.58. The number of nitrogens with zero attached hydrogens (tertiary/aromatic N) is 1. The van der Waals surface area contributed by atoms with Gasteiger partial charge < -0.3 is 15.2 Å². The summed E-state index contributed by atoms with van der Waals surface area (Å²) >= 11 is 2.19. The van der Waals surface area contributed by atoms with Crippen molar-refractivity contribution in [3.8, 4) is 0 Å². The Morgan fingerprint density at radius 3 is 2.44 bits per heavy atom. The van der Waals surface area contributed by atoms with Crippen molar-refractivity contribution in [1.82, 2.24) is 10.3 Å². The molecular weight excluding hydrogens is 449 g/mol. The van der Waals surface area contributed by atoms with E-state index in [0.29, 0.717) is 9.79 Å². The lowest BCUT2D eigenvalue weighted by atomic mass is 10.2. The molecule has 0 bridgehead atoms. The number of hydrogen-bond acceptors (Lipinski definition) is 4. The van der Waals surface area contributed by atoms with Gasteiger partial charge in [-0.2, -0.15) is 0 Å². The van der Waals surface area contributed by atoms with E-state index in [0.717, 1.165) is 46.3 Å². The first-order chi connectivity index (χ1) is 12.1. The van der Waals surface area contributed by atoms with Gasteiger partial charge in [0.15, 0.2) is 0 Å². The van der Waals surface area contributed by atoms with Gasteiger partial charge in [-0.25, -0.2) is 8.42 Å². The van der Waals surface area contributed by atoms with Gasteiger partial charge in [0.05, 0.1) is 9.79 Å². The van der Waals surface area contributed by atoms with Gasteiger partial charge in [-0.3, -0.25) is 0 Å². The van der Waals surface area contributed by atoms with Crippen LogP contribution < -0.4 is 10.2 Å². The molecule has 5 nitrogen and oxygen atoms in total. The molecule has 1 aromatic heterocycles. The number of aromatic nitrogens is 1. The van der Waals surface area contributed by atoms with E-state index < -0.39 is 9.84 Å². The predicted molar refractivity (Wildman–Crippen MR) is 108 cm³/mol. The quantitative estimate of drug-likeness (QED) is 0.582. The first-order valence-electron chi connectivity index (χ1n) is 8.13. The average Bonchev–Trinajstić information content (AvgIpc) is 3.06. The summed E-state index contributed by atoms with van der Waals surface area (Å²) in [4.78, 5) is 5.98. The summed E-state index contributed by atoms with van der Waals surface area (Å²) in [5.41, 5.74) is 1.89. The summed E-state index contributed by atoms with van der Waals surface area (Å²) in [5.74, 6) is 0. The SMILES string of the molecule is O=S(=O)(c1ccc(N2CCNCC2)cc1)c1c[nH]c2ccc(I)cc12. The highest BCUT2D eigenvalue weighted by Crippen LogP contribution is 2.30. The molecule has 1 aliphatic rings. The van der Waals surface area contributed by atoms with Gasteiger partial charge in [0.2, 0.25) is 9.84 Å². The number of fused-ring (bicyclic) bond motifs is 1. The van der Waals surface area contributed by atoms with Gasteiger partial charge >= 0.3 is 0 Å². The summed E-state index contributed by atoms with van der Waals surface area (Å²) in [6, 6.07) is 13.0. The van der Waals surface area contributed by atoms with Crippen molar-refractivity contribution >= 4 is 49.0 Å². The van der Waals surface area contributed by atoms with E-state index in [9.17, 15) is 8.42 Å². The smallest absolute Gasteiger partial charge is 0.208 e.